The number of rotatable bonds is 4. The average Bonchev–Trinajstić information content (AvgIpc) is 2.42. The third-order valence-corrected chi connectivity index (χ3v) is 3.55. The first kappa shape index (κ1) is 15.9. The highest BCUT2D eigenvalue weighted by molar-refractivity contribution is 9.10. The molecule has 2 aromatic rings. The summed E-state index contributed by atoms with van der Waals surface area (Å²) in [5.41, 5.74) is 7.84. The molecular formula is C16H16BrF2NO. The van der Waals surface area contributed by atoms with E-state index in [-0.39, 0.29) is 11.8 Å². The number of hydrogen-bond acceptors (Lipinski definition) is 2. The Labute approximate surface area is 131 Å². The highest BCUT2D eigenvalue weighted by Crippen LogP contribution is 2.30. The van der Waals surface area contributed by atoms with Gasteiger partial charge in [-0.15, -0.1) is 0 Å². The van der Waals surface area contributed by atoms with Gasteiger partial charge in [-0.25, -0.2) is 4.39 Å². The van der Waals surface area contributed by atoms with Crippen LogP contribution >= 0.6 is 15.9 Å². The Morgan fingerprint density at radius 2 is 1.76 bits per heavy atom. The zero-order valence-corrected chi connectivity index (χ0v) is 13.3. The SMILES string of the molecule is Cc1ccc(C(Oc2cc(Br)cc(F)c2F)C(C)N)cc1. The smallest absolute Gasteiger partial charge is 0.200 e. The van der Waals surface area contributed by atoms with Crippen molar-refractivity contribution in [3.63, 3.8) is 0 Å². The minimum atomic E-state index is -1.02. The van der Waals surface area contributed by atoms with Gasteiger partial charge in [0.25, 0.3) is 0 Å². The van der Waals surface area contributed by atoms with Crippen LogP contribution in [0.15, 0.2) is 40.9 Å². The number of nitrogens with two attached hydrogens (primary N) is 1. The standard InChI is InChI=1S/C16H16BrF2NO/c1-9-3-5-11(6-4-9)16(10(2)20)21-14-8-12(17)7-13(18)15(14)19/h3-8,10,16H,20H2,1-2H3. The van der Waals surface area contributed by atoms with Crippen LogP contribution in [0.2, 0.25) is 0 Å². The lowest BCUT2D eigenvalue weighted by molar-refractivity contribution is 0.170. The largest absolute Gasteiger partial charge is 0.481 e. The van der Waals surface area contributed by atoms with Gasteiger partial charge in [0.2, 0.25) is 5.82 Å². The van der Waals surface area contributed by atoms with Crippen LogP contribution in [0.4, 0.5) is 8.78 Å². The Kier molecular flexibility index (Phi) is 4.96. The highest BCUT2D eigenvalue weighted by Gasteiger charge is 2.21. The predicted octanol–water partition coefficient (Wildman–Crippen LogP) is 4.50. The second-order valence-electron chi connectivity index (χ2n) is 5.01. The molecule has 2 rings (SSSR count). The first-order valence-corrected chi connectivity index (χ1v) is 7.31. The van der Waals surface area contributed by atoms with Gasteiger partial charge >= 0.3 is 0 Å². The molecule has 0 saturated heterocycles. The predicted molar refractivity (Wildman–Crippen MR) is 82.3 cm³/mol. The second-order valence-corrected chi connectivity index (χ2v) is 5.92. The van der Waals surface area contributed by atoms with E-state index in [2.05, 4.69) is 15.9 Å². The number of halogens is 3. The molecule has 0 amide bonds. The molecule has 112 valence electrons. The summed E-state index contributed by atoms with van der Waals surface area (Å²) >= 11 is 3.12. The van der Waals surface area contributed by atoms with E-state index >= 15 is 0 Å². The molecule has 21 heavy (non-hydrogen) atoms. The summed E-state index contributed by atoms with van der Waals surface area (Å²) < 4.78 is 33.3. The van der Waals surface area contributed by atoms with Crippen LogP contribution in [0, 0.1) is 18.6 Å². The van der Waals surface area contributed by atoms with Crippen LogP contribution in [-0.2, 0) is 0 Å². The van der Waals surface area contributed by atoms with Gasteiger partial charge in [0.05, 0.1) is 0 Å². The average molecular weight is 356 g/mol. The van der Waals surface area contributed by atoms with Crippen LogP contribution < -0.4 is 10.5 Å². The first-order valence-electron chi connectivity index (χ1n) is 6.52. The molecule has 0 aliphatic heterocycles. The van der Waals surface area contributed by atoms with E-state index in [0.29, 0.717) is 4.47 Å². The van der Waals surface area contributed by atoms with Gasteiger partial charge in [-0.3, -0.25) is 0 Å². The minimum Gasteiger partial charge on any atom is -0.481 e. The Balaban J connectivity index is 2.35. The molecule has 0 bridgehead atoms. The van der Waals surface area contributed by atoms with Crippen molar-refractivity contribution >= 4 is 15.9 Å². The monoisotopic (exact) mass is 355 g/mol. The summed E-state index contributed by atoms with van der Waals surface area (Å²) in [6, 6.07) is 9.65. The topological polar surface area (TPSA) is 35.2 Å². The van der Waals surface area contributed by atoms with Crippen molar-refractivity contribution < 1.29 is 13.5 Å². The summed E-state index contributed by atoms with van der Waals surface area (Å²) in [5.74, 6) is -2.15. The van der Waals surface area contributed by atoms with Crippen LogP contribution in [0.3, 0.4) is 0 Å². The fraction of sp³-hybridized carbons (Fsp3) is 0.250. The fourth-order valence-electron chi connectivity index (χ4n) is 1.99. The summed E-state index contributed by atoms with van der Waals surface area (Å²) in [5, 5.41) is 0. The molecule has 0 radical (unpaired) electrons. The molecule has 0 aliphatic carbocycles. The number of hydrogen-bond donors (Lipinski definition) is 1. The van der Waals surface area contributed by atoms with Gasteiger partial charge in [-0.2, -0.15) is 4.39 Å². The van der Waals surface area contributed by atoms with Crippen LogP contribution in [0.1, 0.15) is 24.2 Å². The quantitative estimate of drug-likeness (QED) is 0.819. The summed E-state index contributed by atoms with van der Waals surface area (Å²) in [7, 11) is 0. The maximum absolute atomic E-state index is 13.8. The Morgan fingerprint density at radius 1 is 1.14 bits per heavy atom. The van der Waals surface area contributed by atoms with Gasteiger partial charge < -0.3 is 10.5 Å². The molecule has 0 spiro atoms. The second kappa shape index (κ2) is 6.54. The molecule has 0 heterocycles. The molecule has 2 aromatic carbocycles. The zero-order chi connectivity index (χ0) is 15.6. The molecule has 0 aliphatic rings. The normalized spacial score (nSPS) is 13.8. The number of aryl methyl sites for hydroxylation is 1. The molecule has 5 heteroatoms. The third kappa shape index (κ3) is 3.80. The molecule has 2 unspecified atom stereocenters. The van der Waals surface area contributed by atoms with Crippen molar-refractivity contribution in [2.24, 2.45) is 5.73 Å². The lowest BCUT2D eigenvalue weighted by atomic mass is 10.0. The Morgan fingerprint density at radius 3 is 2.33 bits per heavy atom. The fourth-order valence-corrected chi connectivity index (χ4v) is 2.40. The van der Waals surface area contributed by atoms with E-state index in [4.69, 9.17) is 10.5 Å². The molecule has 0 fully saturated rings. The van der Waals surface area contributed by atoms with Crippen LogP contribution in [-0.4, -0.2) is 6.04 Å². The van der Waals surface area contributed by atoms with E-state index in [1.807, 2.05) is 31.2 Å². The number of ether oxygens (including phenoxy) is 1. The van der Waals surface area contributed by atoms with Gasteiger partial charge in [-0.1, -0.05) is 45.8 Å². The van der Waals surface area contributed by atoms with E-state index in [1.54, 1.807) is 6.92 Å². The molecule has 2 nitrogen and oxygen atoms in total. The van der Waals surface area contributed by atoms with Crippen LogP contribution in [0.25, 0.3) is 0 Å². The lowest BCUT2D eigenvalue weighted by Crippen LogP contribution is -2.29. The third-order valence-electron chi connectivity index (χ3n) is 3.10. The minimum absolute atomic E-state index is 0.162. The van der Waals surface area contributed by atoms with Crippen molar-refractivity contribution in [3.05, 3.63) is 63.6 Å². The van der Waals surface area contributed by atoms with Crippen molar-refractivity contribution in [1.29, 1.82) is 0 Å². The molecular weight excluding hydrogens is 340 g/mol. The summed E-state index contributed by atoms with van der Waals surface area (Å²) in [6.07, 6.45) is -0.561. The maximum atomic E-state index is 13.8. The lowest BCUT2D eigenvalue weighted by Gasteiger charge is -2.23. The van der Waals surface area contributed by atoms with Crippen molar-refractivity contribution in [2.45, 2.75) is 26.0 Å². The van der Waals surface area contributed by atoms with E-state index < -0.39 is 17.7 Å². The summed E-state index contributed by atoms with van der Waals surface area (Å²) in [4.78, 5) is 0. The molecule has 0 aromatic heterocycles. The van der Waals surface area contributed by atoms with Crippen molar-refractivity contribution in [3.8, 4) is 5.75 Å². The van der Waals surface area contributed by atoms with Gasteiger partial charge in [0, 0.05) is 10.5 Å². The van der Waals surface area contributed by atoms with Crippen molar-refractivity contribution in [2.75, 3.05) is 0 Å². The first-order chi connectivity index (χ1) is 9.88. The van der Waals surface area contributed by atoms with E-state index in [0.717, 1.165) is 17.2 Å². The van der Waals surface area contributed by atoms with E-state index in [1.165, 1.54) is 6.07 Å². The molecule has 2 N–H and O–H groups in total. The number of benzene rings is 2. The van der Waals surface area contributed by atoms with Crippen LogP contribution in [0.5, 0.6) is 5.75 Å². The van der Waals surface area contributed by atoms with Gasteiger partial charge in [0.15, 0.2) is 11.6 Å². The zero-order valence-electron chi connectivity index (χ0n) is 11.7. The Bertz CT molecular complexity index is 629. The van der Waals surface area contributed by atoms with Gasteiger partial charge in [-0.05, 0) is 31.5 Å². The summed E-state index contributed by atoms with van der Waals surface area (Å²) in [6.45, 7) is 3.73. The maximum Gasteiger partial charge on any atom is 0.200 e. The van der Waals surface area contributed by atoms with Gasteiger partial charge in [0.1, 0.15) is 6.10 Å². The van der Waals surface area contributed by atoms with E-state index in [9.17, 15) is 8.78 Å². The molecule has 2 atom stereocenters. The van der Waals surface area contributed by atoms with Crippen molar-refractivity contribution in [1.82, 2.24) is 0 Å². The molecule has 0 saturated carbocycles. The Hall–Kier alpha value is -1.46. The highest BCUT2D eigenvalue weighted by atomic mass is 79.9.